The van der Waals surface area contributed by atoms with Crippen LogP contribution in [0.4, 0.5) is 11.5 Å². The minimum Gasteiger partial charge on any atom is -0.478 e. The fourth-order valence-corrected chi connectivity index (χ4v) is 4.36. The van der Waals surface area contributed by atoms with E-state index in [-0.39, 0.29) is 11.9 Å². The minimum atomic E-state index is -0.379. The molecule has 0 spiro atoms. The largest absolute Gasteiger partial charge is 0.478 e. The number of likely N-dealkylation sites (N-methyl/N-ethyl adjacent to an activating group) is 2. The summed E-state index contributed by atoms with van der Waals surface area (Å²) in [5, 5.41) is 2.94. The third kappa shape index (κ3) is 6.55. The number of hydrogen-bond donors (Lipinski definition) is 1. The first-order chi connectivity index (χ1) is 19.4. The van der Waals surface area contributed by atoms with Crippen molar-refractivity contribution in [3.8, 4) is 17.0 Å². The van der Waals surface area contributed by atoms with Crippen LogP contribution < -0.4 is 15.0 Å². The third-order valence-electron chi connectivity index (χ3n) is 6.86. The lowest BCUT2D eigenvalue weighted by Gasteiger charge is -2.24. The van der Waals surface area contributed by atoms with E-state index in [4.69, 9.17) is 14.5 Å². The van der Waals surface area contributed by atoms with Crippen LogP contribution in [0.1, 0.15) is 34.6 Å². The van der Waals surface area contributed by atoms with Gasteiger partial charge in [-0.15, -0.1) is 0 Å². The van der Waals surface area contributed by atoms with Crippen molar-refractivity contribution >= 4 is 34.4 Å². The van der Waals surface area contributed by atoms with E-state index >= 15 is 0 Å². The highest BCUT2D eigenvalue weighted by atomic mass is 16.5. The zero-order chi connectivity index (χ0) is 28.6. The van der Waals surface area contributed by atoms with Gasteiger partial charge < -0.3 is 24.6 Å². The van der Waals surface area contributed by atoms with Gasteiger partial charge in [0, 0.05) is 31.4 Å². The molecule has 0 unspecified atom stereocenters. The molecule has 1 aromatic heterocycles. The van der Waals surface area contributed by atoms with E-state index in [0.29, 0.717) is 39.5 Å². The Kier molecular flexibility index (Phi) is 9.29. The number of ether oxygens (including phenoxy) is 2. The second-order valence-corrected chi connectivity index (χ2v) is 9.31. The molecular formula is C31H35N5O4. The lowest BCUT2D eigenvalue weighted by molar-refractivity contribution is 0.0600. The number of anilines is 2. The van der Waals surface area contributed by atoms with Crippen LogP contribution in [-0.4, -0.2) is 74.2 Å². The molecule has 0 radical (unpaired) electrons. The summed E-state index contributed by atoms with van der Waals surface area (Å²) >= 11 is 0. The van der Waals surface area contributed by atoms with Crippen LogP contribution in [0.25, 0.3) is 22.2 Å². The van der Waals surface area contributed by atoms with Gasteiger partial charge in [0.2, 0.25) is 0 Å². The fraction of sp³-hybridized carbons (Fsp3) is 0.290. The summed E-state index contributed by atoms with van der Waals surface area (Å²) in [5.74, 6) is 0.502. The summed E-state index contributed by atoms with van der Waals surface area (Å²) in [6, 6.07) is 19.9. The van der Waals surface area contributed by atoms with E-state index in [1.165, 1.54) is 7.11 Å². The first-order valence-corrected chi connectivity index (χ1v) is 13.3. The van der Waals surface area contributed by atoms with Gasteiger partial charge in [0.15, 0.2) is 5.82 Å². The van der Waals surface area contributed by atoms with Crippen molar-refractivity contribution in [1.82, 2.24) is 14.9 Å². The highest BCUT2D eigenvalue weighted by Gasteiger charge is 2.16. The molecule has 0 fully saturated rings. The maximum atomic E-state index is 13.0. The number of methoxy groups -OCH3 is 2. The van der Waals surface area contributed by atoms with Crippen molar-refractivity contribution in [2.45, 2.75) is 13.8 Å². The molecule has 0 saturated heterocycles. The van der Waals surface area contributed by atoms with Crippen LogP contribution >= 0.6 is 0 Å². The van der Waals surface area contributed by atoms with Crippen LogP contribution in [0.15, 0.2) is 66.7 Å². The first kappa shape index (κ1) is 28.5. The van der Waals surface area contributed by atoms with E-state index in [9.17, 15) is 9.59 Å². The summed E-state index contributed by atoms with van der Waals surface area (Å²) in [5.41, 5.74) is 4.81. The van der Waals surface area contributed by atoms with Crippen LogP contribution in [-0.2, 0) is 4.74 Å². The van der Waals surface area contributed by atoms with Gasteiger partial charge >= 0.3 is 5.97 Å². The first-order valence-electron chi connectivity index (χ1n) is 13.3. The molecule has 0 aliphatic carbocycles. The van der Waals surface area contributed by atoms with E-state index in [1.54, 1.807) is 37.4 Å². The summed E-state index contributed by atoms with van der Waals surface area (Å²) in [7, 11) is 4.92. The normalized spacial score (nSPS) is 10.9. The molecular weight excluding hydrogens is 506 g/mol. The van der Waals surface area contributed by atoms with Crippen LogP contribution in [0, 0.1) is 0 Å². The van der Waals surface area contributed by atoms with Gasteiger partial charge in [-0.05, 0) is 66.7 Å². The van der Waals surface area contributed by atoms with Gasteiger partial charge in [-0.3, -0.25) is 4.79 Å². The Bertz CT molecular complexity index is 1470. The lowest BCUT2D eigenvalue weighted by atomic mass is 10.0. The molecule has 0 bridgehead atoms. The van der Waals surface area contributed by atoms with Crippen LogP contribution in [0.5, 0.6) is 5.88 Å². The summed E-state index contributed by atoms with van der Waals surface area (Å²) in [6.45, 7) is 8.01. The third-order valence-corrected chi connectivity index (χ3v) is 6.86. The Labute approximate surface area is 234 Å². The minimum absolute atomic E-state index is 0.236. The predicted molar refractivity (Wildman–Crippen MR) is 158 cm³/mol. The Morgan fingerprint density at radius 3 is 2.00 bits per heavy atom. The molecule has 9 heteroatoms. The van der Waals surface area contributed by atoms with Crippen molar-refractivity contribution < 1.29 is 19.1 Å². The van der Waals surface area contributed by atoms with Crippen molar-refractivity contribution in [1.29, 1.82) is 0 Å². The number of carbonyl (C=O) groups excluding carboxylic acids is 2. The SMILES string of the molecule is CCN(CC)CCN(C)c1nc2ccc(NC(=O)c3ccc(-c4ccc(C(=O)OC)cc4)cc3)cc2nc1OC. The van der Waals surface area contributed by atoms with E-state index in [2.05, 4.69) is 33.9 Å². The van der Waals surface area contributed by atoms with Gasteiger partial charge in [-0.25, -0.2) is 14.8 Å². The molecule has 208 valence electrons. The molecule has 0 aliphatic heterocycles. The lowest BCUT2D eigenvalue weighted by Crippen LogP contribution is -2.33. The van der Waals surface area contributed by atoms with Crippen molar-refractivity contribution in [2.24, 2.45) is 0 Å². The second kappa shape index (κ2) is 13.0. The highest BCUT2D eigenvalue weighted by molar-refractivity contribution is 6.05. The highest BCUT2D eigenvalue weighted by Crippen LogP contribution is 2.28. The number of nitrogens with one attached hydrogen (secondary N) is 1. The number of aromatic nitrogens is 2. The molecule has 9 nitrogen and oxygen atoms in total. The Morgan fingerprint density at radius 2 is 1.43 bits per heavy atom. The molecule has 0 atom stereocenters. The summed E-state index contributed by atoms with van der Waals surface area (Å²) in [4.78, 5) is 38.5. The number of rotatable bonds is 11. The molecule has 40 heavy (non-hydrogen) atoms. The van der Waals surface area contributed by atoms with Gasteiger partial charge in [-0.2, -0.15) is 0 Å². The van der Waals surface area contributed by atoms with Gasteiger partial charge in [0.05, 0.1) is 30.8 Å². The van der Waals surface area contributed by atoms with Crippen molar-refractivity contribution in [3.63, 3.8) is 0 Å². The van der Waals surface area contributed by atoms with Gasteiger partial charge in [0.1, 0.15) is 0 Å². The van der Waals surface area contributed by atoms with Gasteiger partial charge in [-0.1, -0.05) is 38.1 Å². The predicted octanol–water partition coefficient (Wildman–Crippen LogP) is 5.12. The summed E-state index contributed by atoms with van der Waals surface area (Å²) < 4.78 is 10.3. The Hall–Kier alpha value is -4.50. The quantitative estimate of drug-likeness (QED) is 0.261. The molecule has 0 saturated carbocycles. The number of nitrogens with zero attached hydrogens (tertiary/aromatic N) is 4. The van der Waals surface area contributed by atoms with E-state index < -0.39 is 0 Å². The van der Waals surface area contributed by atoms with E-state index in [0.717, 1.165) is 37.3 Å². The van der Waals surface area contributed by atoms with Gasteiger partial charge in [0.25, 0.3) is 11.8 Å². The number of esters is 1. The van der Waals surface area contributed by atoms with Crippen molar-refractivity contribution in [2.75, 3.05) is 57.7 Å². The fourth-order valence-electron chi connectivity index (χ4n) is 4.36. The topological polar surface area (TPSA) is 96.9 Å². The number of fused-ring (bicyclic) bond motifs is 1. The number of hydrogen-bond acceptors (Lipinski definition) is 8. The van der Waals surface area contributed by atoms with Crippen molar-refractivity contribution in [3.05, 3.63) is 77.9 Å². The average Bonchev–Trinajstić information content (AvgIpc) is 3.00. The Balaban J connectivity index is 1.46. The molecule has 1 N–H and O–H groups in total. The number of benzene rings is 3. The number of carbonyl (C=O) groups is 2. The van der Waals surface area contributed by atoms with Crippen LogP contribution in [0.3, 0.4) is 0 Å². The maximum absolute atomic E-state index is 13.0. The maximum Gasteiger partial charge on any atom is 0.337 e. The standard InChI is InChI=1S/C31H35N5O4/c1-6-36(7-2)19-18-35(3)28-30(39-4)34-27-20-25(16-17-26(27)33-28)32-29(37)23-12-8-21(9-13-23)22-10-14-24(15-11-22)31(38)40-5/h8-17,20H,6-7,18-19H2,1-5H3,(H,32,37). The molecule has 3 aromatic carbocycles. The molecule has 4 aromatic rings. The Morgan fingerprint density at radius 1 is 0.800 bits per heavy atom. The molecule has 0 aliphatic rings. The second-order valence-electron chi connectivity index (χ2n) is 9.31. The van der Waals surface area contributed by atoms with Crippen LogP contribution in [0.2, 0.25) is 0 Å². The number of amides is 1. The zero-order valence-corrected chi connectivity index (χ0v) is 23.6. The van der Waals surface area contributed by atoms with E-state index in [1.807, 2.05) is 43.4 Å². The zero-order valence-electron chi connectivity index (χ0n) is 23.6. The summed E-state index contributed by atoms with van der Waals surface area (Å²) in [6.07, 6.45) is 0. The average molecular weight is 542 g/mol. The smallest absolute Gasteiger partial charge is 0.337 e. The molecule has 1 heterocycles. The monoisotopic (exact) mass is 541 g/mol. The molecule has 1 amide bonds. The molecule has 4 rings (SSSR count).